The van der Waals surface area contributed by atoms with Crippen LogP contribution in [0, 0.1) is 0 Å². The summed E-state index contributed by atoms with van der Waals surface area (Å²) in [5.74, 6) is -1.09. The van der Waals surface area contributed by atoms with Crippen LogP contribution in [0.1, 0.15) is 59.8 Å². The standard InChI is InChI=1S/C14H26N2O4/c1-10(2)15-11(17)6-5-7-12(18)16-14(3,4)9-8-13(19)20/h10H,5-9H2,1-4H3,(H,15,17)(H,16,18)(H,19,20). The summed E-state index contributed by atoms with van der Waals surface area (Å²) in [4.78, 5) is 33.6. The molecule has 6 heteroatoms. The molecular formula is C14H26N2O4. The van der Waals surface area contributed by atoms with Crippen molar-refractivity contribution in [1.29, 1.82) is 0 Å². The Bertz CT molecular complexity index is 351. The lowest BCUT2D eigenvalue weighted by atomic mass is 9.98. The highest BCUT2D eigenvalue weighted by atomic mass is 16.4. The van der Waals surface area contributed by atoms with E-state index in [1.807, 2.05) is 13.8 Å². The van der Waals surface area contributed by atoms with Crippen LogP contribution in [0.2, 0.25) is 0 Å². The highest BCUT2D eigenvalue weighted by molar-refractivity contribution is 5.79. The van der Waals surface area contributed by atoms with Gasteiger partial charge in [-0.1, -0.05) is 0 Å². The predicted molar refractivity (Wildman–Crippen MR) is 76.2 cm³/mol. The minimum atomic E-state index is -0.877. The summed E-state index contributed by atoms with van der Waals surface area (Å²) in [7, 11) is 0. The minimum absolute atomic E-state index is 0.0179. The number of hydrogen-bond donors (Lipinski definition) is 3. The van der Waals surface area contributed by atoms with Crippen molar-refractivity contribution in [1.82, 2.24) is 10.6 Å². The topological polar surface area (TPSA) is 95.5 Å². The number of carbonyl (C=O) groups is 3. The Morgan fingerprint density at radius 3 is 2.10 bits per heavy atom. The molecule has 116 valence electrons. The van der Waals surface area contributed by atoms with Crippen LogP contribution < -0.4 is 10.6 Å². The Hall–Kier alpha value is -1.59. The highest BCUT2D eigenvalue weighted by Crippen LogP contribution is 2.12. The number of hydrogen-bond acceptors (Lipinski definition) is 3. The average Bonchev–Trinajstić information content (AvgIpc) is 2.24. The van der Waals surface area contributed by atoms with E-state index < -0.39 is 11.5 Å². The molecule has 0 bridgehead atoms. The largest absolute Gasteiger partial charge is 0.481 e. The van der Waals surface area contributed by atoms with Gasteiger partial charge in [0, 0.05) is 30.8 Å². The van der Waals surface area contributed by atoms with Crippen LogP contribution in [0.3, 0.4) is 0 Å². The van der Waals surface area contributed by atoms with E-state index in [-0.39, 0.29) is 30.7 Å². The molecule has 0 fully saturated rings. The Balaban J connectivity index is 3.93. The highest BCUT2D eigenvalue weighted by Gasteiger charge is 2.21. The predicted octanol–water partition coefficient (Wildman–Crippen LogP) is 1.44. The number of aliphatic carboxylic acids is 1. The zero-order chi connectivity index (χ0) is 15.8. The van der Waals surface area contributed by atoms with E-state index in [0.29, 0.717) is 19.3 Å². The maximum absolute atomic E-state index is 11.7. The van der Waals surface area contributed by atoms with Gasteiger partial charge in [-0.2, -0.15) is 0 Å². The van der Waals surface area contributed by atoms with E-state index in [1.165, 1.54) is 0 Å². The first-order valence-electron chi connectivity index (χ1n) is 6.94. The molecule has 0 saturated carbocycles. The van der Waals surface area contributed by atoms with E-state index in [2.05, 4.69) is 10.6 Å². The normalized spacial score (nSPS) is 11.2. The number of carboxylic acid groups (broad SMARTS) is 1. The molecule has 20 heavy (non-hydrogen) atoms. The van der Waals surface area contributed by atoms with Crippen molar-refractivity contribution in [3.63, 3.8) is 0 Å². The van der Waals surface area contributed by atoms with Gasteiger partial charge in [0.15, 0.2) is 0 Å². The number of nitrogens with one attached hydrogen (secondary N) is 2. The van der Waals surface area contributed by atoms with Gasteiger partial charge < -0.3 is 15.7 Å². The molecule has 0 unspecified atom stereocenters. The van der Waals surface area contributed by atoms with Gasteiger partial charge in [0.1, 0.15) is 0 Å². The zero-order valence-corrected chi connectivity index (χ0v) is 12.8. The molecule has 2 amide bonds. The first kappa shape index (κ1) is 18.4. The van der Waals surface area contributed by atoms with Crippen molar-refractivity contribution in [2.75, 3.05) is 0 Å². The number of carbonyl (C=O) groups excluding carboxylic acids is 2. The molecule has 0 aliphatic heterocycles. The monoisotopic (exact) mass is 286 g/mol. The van der Waals surface area contributed by atoms with Crippen molar-refractivity contribution in [3.8, 4) is 0 Å². The van der Waals surface area contributed by atoms with Crippen LogP contribution >= 0.6 is 0 Å². The Kier molecular flexibility index (Phi) is 7.87. The molecule has 0 aliphatic carbocycles. The molecule has 0 rings (SSSR count). The van der Waals surface area contributed by atoms with Gasteiger partial charge in [-0.3, -0.25) is 14.4 Å². The lowest BCUT2D eigenvalue weighted by molar-refractivity contribution is -0.138. The molecule has 0 saturated heterocycles. The third-order valence-corrected chi connectivity index (χ3v) is 2.70. The second kappa shape index (κ2) is 8.55. The quantitative estimate of drug-likeness (QED) is 0.597. The first-order valence-corrected chi connectivity index (χ1v) is 6.94. The van der Waals surface area contributed by atoms with Crippen LogP contribution in [-0.4, -0.2) is 34.5 Å². The van der Waals surface area contributed by atoms with Gasteiger partial charge in [-0.15, -0.1) is 0 Å². The van der Waals surface area contributed by atoms with E-state index in [9.17, 15) is 14.4 Å². The Labute approximate surface area is 120 Å². The summed E-state index contributed by atoms with van der Waals surface area (Å²) in [6.45, 7) is 7.35. The maximum Gasteiger partial charge on any atom is 0.303 e. The van der Waals surface area contributed by atoms with Crippen LogP contribution in [0.5, 0.6) is 0 Å². The van der Waals surface area contributed by atoms with Gasteiger partial charge in [-0.25, -0.2) is 0 Å². The SMILES string of the molecule is CC(C)NC(=O)CCCC(=O)NC(C)(C)CCC(=O)O. The fourth-order valence-corrected chi connectivity index (χ4v) is 1.73. The lowest BCUT2D eigenvalue weighted by Gasteiger charge is -2.25. The molecule has 0 atom stereocenters. The van der Waals surface area contributed by atoms with Crippen LogP contribution in [-0.2, 0) is 14.4 Å². The van der Waals surface area contributed by atoms with E-state index in [1.54, 1.807) is 13.8 Å². The zero-order valence-electron chi connectivity index (χ0n) is 12.8. The van der Waals surface area contributed by atoms with E-state index in [0.717, 1.165) is 0 Å². The summed E-state index contributed by atoms with van der Waals surface area (Å²) in [6, 6.07) is 0.103. The maximum atomic E-state index is 11.7. The van der Waals surface area contributed by atoms with Crippen molar-refractivity contribution < 1.29 is 19.5 Å². The lowest BCUT2D eigenvalue weighted by Crippen LogP contribution is -2.43. The number of carboxylic acids is 1. The summed E-state index contributed by atoms with van der Waals surface area (Å²) < 4.78 is 0. The Morgan fingerprint density at radius 2 is 1.60 bits per heavy atom. The molecule has 3 N–H and O–H groups in total. The second-order valence-electron chi connectivity index (χ2n) is 5.90. The second-order valence-corrected chi connectivity index (χ2v) is 5.90. The van der Waals surface area contributed by atoms with Gasteiger partial charge in [0.05, 0.1) is 0 Å². The van der Waals surface area contributed by atoms with Crippen molar-refractivity contribution >= 4 is 17.8 Å². The third kappa shape index (κ3) is 10.3. The van der Waals surface area contributed by atoms with Crippen LogP contribution in [0.4, 0.5) is 0 Å². The molecule has 0 radical (unpaired) electrons. The van der Waals surface area contributed by atoms with Gasteiger partial charge in [0.25, 0.3) is 0 Å². The summed E-state index contributed by atoms with van der Waals surface area (Å²) >= 11 is 0. The van der Waals surface area contributed by atoms with Gasteiger partial charge in [0.2, 0.25) is 11.8 Å². The fraction of sp³-hybridized carbons (Fsp3) is 0.786. The number of amides is 2. The molecule has 0 aliphatic rings. The summed E-state index contributed by atoms with van der Waals surface area (Å²) in [5.41, 5.74) is -0.546. The van der Waals surface area contributed by atoms with Crippen LogP contribution in [0.25, 0.3) is 0 Å². The average molecular weight is 286 g/mol. The van der Waals surface area contributed by atoms with Gasteiger partial charge >= 0.3 is 5.97 Å². The van der Waals surface area contributed by atoms with E-state index in [4.69, 9.17) is 5.11 Å². The van der Waals surface area contributed by atoms with Gasteiger partial charge in [-0.05, 0) is 40.5 Å². The summed E-state index contributed by atoms with van der Waals surface area (Å²) in [5, 5.41) is 14.2. The first-order chi connectivity index (χ1) is 9.12. The smallest absolute Gasteiger partial charge is 0.303 e. The van der Waals surface area contributed by atoms with Crippen LogP contribution in [0.15, 0.2) is 0 Å². The molecule has 6 nitrogen and oxygen atoms in total. The van der Waals surface area contributed by atoms with Crippen molar-refractivity contribution in [2.45, 2.75) is 71.4 Å². The number of rotatable bonds is 9. The summed E-state index contributed by atoms with van der Waals surface area (Å²) in [6.07, 6.45) is 1.47. The molecule has 0 aromatic heterocycles. The molecule has 0 aromatic carbocycles. The Morgan fingerprint density at radius 1 is 1.05 bits per heavy atom. The molecule has 0 spiro atoms. The molecule has 0 heterocycles. The minimum Gasteiger partial charge on any atom is -0.481 e. The third-order valence-electron chi connectivity index (χ3n) is 2.70. The van der Waals surface area contributed by atoms with Crippen molar-refractivity contribution in [3.05, 3.63) is 0 Å². The van der Waals surface area contributed by atoms with Crippen molar-refractivity contribution in [2.24, 2.45) is 0 Å². The molecule has 0 aromatic rings. The molecular weight excluding hydrogens is 260 g/mol. The fourth-order valence-electron chi connectivity index (χ4n) is 1.73. The van der Waals surface area contributed by atoms with E-state index >= 15 is 0 Å².